The first-order valence-electron chi connectivity index (χ1n) is 8.92. The van der Waals surface area contributed by atoms with E-state index in [4.69, 9.17) is 5.73 Å². The molecule has 1 heterocycles. The molecule has 1 aliphatic rings. The fraction of sp³-hybridized carbons (Fsp3) is 0.579. The Morgan fingerprint density at radius 2 is 1.72 bits per heavy atom. The van der Waals surface area contributed by atoms with E-state index in [1.807, 2.05) is 18.7 Å². The average Bonchev–Trinajstić information content (AvgIpc) is 2.62. The second kappa shape index (κ2) is 9.78. The maximum absolute atomic E-state index is 12.8. The topological polar surface area (TPSA) is 66.6 Å². The number of likely N-dealkylation sites (tertiary alicyclic amines) is 1. The molecule has 1 fully saturated rings. The van der Waals surface area contributed by atoms with Crippen LogP contribution in [0, 0.1) is 5.92 Å². The number of hydrogen-bond donors (Lipinski definition) is 1. The molecule has 2 unspecified atom stereocenters. The smallest absolute Gasteiger partial charge is 0.254 e. The Kier molecular flexibility index (Phi) is 8.39. The minimum Gasteiger partial charge on any atom is -0.339 e. The Morgan fingerprint density at radius 1 is 1.16 bits per heavy atom. The zero-order valence-electron chi connectivity index (χ0n) is 15.4. The first-order valence-corrected chi connectivity index (χ1v) is 8.92. The molecule has 1 aromatic rings. The third-order valence-electron chi connectivity index (χ3n) is 4.94. The van der Waals surface area contributed by atoms with Crippen LogP contribution >= 0.6 is 12.4 Å². The molecule has 2 N–H and O–H groups in total. The van der Waals surface area contributed by atoms with Gasteiger partial charge >= 0.3 is 0 Å². The number of amides is 2. The van der Waals surface area contributed by atoms with Gasteiger partial charge in [-0.2, -0.15) is 0 Å². The van der Waals surface area contributed by atoms with Crippen molar-refractivity contribution in [2.24, 2.45) is 11.7 Å². The van der Waals surface area contributed by atoms with E-state index in [0.717, 1.165) is 19.4 Å². The van der Waals surface area contributed by atoms with Crippen molar-refractivity contribution in [1.82, 2.24) is 9.80 Å². The van der Waals surface area contributed by atoms with Gasteiger partial charge in [-0.05, 0) is 56.9 Å². The van der Waals surface area contributed by atoms with Crippen molar-refractivity contribution in [3.05, 3.63) is 35.4 Å². The molecule has 1 saturated heterocycles. The first-order chi connectivity index (χ1) is 11.5. The number of halogens is 1. The maximum Gasteiger partial charge on any atom is 0.254 e. The van der Waals surface area contributed by atoms with E-state index in [9.17, 15) is 9.59 Å². The summed E-state index contributed by atoms with van der Waals surface area (Å²) in [5.74, 6) is 0.626. The van der Waals surface area contributed by atoms with E-state index in [0.29, 0.717) is 36.7 Å². The second-order valence-electron chi connectivity index (χ2n) is 6.57. The molecule has 0 aliphatic carbocycles. The van der Waals surface area contributed by atoms with Crippen molar-refractivity contribution in [1.29, 1.82) is 0 Å². The molecule has 1 aliphatic heterocycles. The number of rotatable bonds is 5. The summed E-state index contributed by atoms with van der Waals surface area (Å²) >= 11 is 0. The summed E-state index contributed by atoms with van der Waals surface area (Å²) in [6.07, 6.45) is 1.97. The van der Waals surface area contributed by atoms with Gasteiger partial charge in [-0.1, -0.05) is 6.92 Å². The van der Waals surface area contributed by atoms with Crippen LogP contribution in [0.15, 0.2) is 24.3 Å². The molecule has 2 atom stereocenters. The van der Waals surface area contributed by atoms with Gasteiger partial charge in [0.2, 0.25) is 0 Å². The fourth-order valence-corrected chi connectivity index (χ4v) is 3.36. The molecule has 0 spiro atoms. The lowest BCUT2D eigenvalue weighted by molar-refractivity contribution is 0.0573. The molecule has 5 nitrogen and oxygen atoms in total. The summed E-state index contributed by atoms with van der Waals surface area (Å²) < 4.78 is 0. The van der Waals surface area contributed by atoms with Crippen LogP contribution in [0.3, 0.4) is 0 Å². The van der Waals surface area contributed by atoms with E-state index < -0.39 is 0 Å². The minimum atomic E-state index is 0. The number of hydrogen-bond acceptors (Lipinski definition) is 3. The Hall–Kier alpha value is -1.59. The summed E-state index contributed by atoms with van der Waals surface area (Å²) in [6.45, 7) is 8.74. The van der Waals surface area contributed by atoms with Crippen LogP contribution in [0.2, 0.25) is 0 Å². The lowest BCUT2D eigenvalue weighted by Gasteiger charge is -2.38. The van der Waals surface area contributed by atoms with Gasteiger partial charge in [0, 0.05) is 43.3 Å². The first kappa shape index (κ1) is 21.5. The second-order valence-corrected chi connectivity index (χ2v) is 6.57. The van der Waals surface area contributed by atoms with Gasteiger partial charge in [-0.25, -0.2) is 0 Å². The fourth-order valence-electron chi connectivity index (χ4n) is 3.36. The average molecular weight is 368 g/mol. The predicted molar refractivity (Wildman–Crippen MR) is 103 cm³/mol. The third kappa shape index (κ3) is 4.95. The van der Waals surface area contributed by atoms with Gasteiger partial charge in [0.05, 0.1) is 0 Å². The van der Waals surface area contributed by atoms with E-state index >= 15 is 0 Å². The normalized spacial score (nSPS) is 19.9. The van der Waals surface area contributed by atoms with E-state index in [-0.39, 0.29) is 30.3 Å². The van der Waals surface area contributed by atoms with Crippen molar-refractivity contribution < 1.29 is 9.59 Å². The zero-order chi connectivity index (χ0) is 17.7. The quantitative estimate of drug-likeness (QED) is 0.870. The maximum atomic E-state index is 12.8. The highest BCUT2D eigenvalue weighted by atomic mass is 35.5. The van der Waals surface area contributed by atoms with Gasteiger partial charge in [0.15, 0.2) is 0 Å². The number of benzene rings is 1. The summed E-state index contributed by atoms with van der Waals surface area (Å²) in [7, 11) is 0. The molecule has 0 bridgehead atoms. The molecule has 0 radical (unpaired) electrons. The predicted octanol–water partition coefficient (Wildman–Crippen LogP) is 2.79. The number of carbonyl (C=O) groups excluding carboxylic acids is 2. The Bertz CT molecular complexity index is 573. The number of nitrogens with two attached hydrogens (primary N) is 1. The highest BCUT2D eigenvalue weighted by Gasteiger charge is 2.29. The lowest BCUT2D eigenvalue weighted by Crippen LogP contribution is -2.49. The van der Waals surface area contributed by atoms with E-state index in [2.05, 4.69) is 6.92 Å². The highest BCUT2D eigenvalue weighted by Crippen LogP contribution is 2.23. The van der Waals surface area contributed by atoms with Crippen LogP contribution < -0.4 is 5.73 Å². The molecule has 1 aromatic carbocycles. The van der Waals surface area contributed by atoms with Crippen LogP contribution in [0.5, 0.6) is 0 Å². The summed E-state index contributed by atoms with van der Waals surface area (Å²) in [4.78, 5) is 28.8. The van der Waals surface area contributed by atoms with Crippen molar-refractivity contribution in [2.45, 2.75) is 39.7 Å². The van der Waals surface area contributed by atoms with E-state index in [1.165, 1.54) is 0 Å². The lowest BCUT2D eigenvalue weighted by atomic mass is 9.92. The molecule has 25 heavy (non-hydrogen) atoms. The van der Waals surface area contributed by atoms with Crippen molar-refractivity contribution >= 4 is 24.2 Å². The van der Waals surface area contributed by atoms with Gasteiger partial charge in [0.25, 0.3) is 11.8 Å². The van der Waals surface area contributed by atoms with Gasteiger partial charge in [-0.3, -0.25) is 9.59 Å². The molecule has 6 heteroatoms. The van der Waals surface area contributed by atoms with Crippen LogP contribution in [-0.4, -0.2) is 53.8 Å². The van der Waals surface area contributed by atoms with Gasteiger partial charge in [-0.15, -0.1) is 12.4 Å². The van der Waals surface area contributed by atoms with E-state index in [1.54, 1.807) is 29.2 Å². The van der Waals surface area contributed by atoms with Crippen LogP contribution in [0.1, 0.15) is 54.3 Å². The van der Waals surface area contributed by atoms with Crippen molar-refractivity contribution in [2.75, 3.05) is 26.2 Å². The summed E-state index contributed by atoms with van der Waals surface area (Å²) in [5, 5.41) is 0. The number of carbonyl (C=O) groups is 2. The number of piperidine rings is 1. The zero-order valence-corrected chi connectivity index (χ0v) is 16.2. The molecule has 140 valence electrons. The summed E-state index contributed by atoms with van der Waals surface area (Å²) in [6, 6.07) is 7.11. The van der Waals surface area contributed by atoms with Crippen LogP contribution in [0.25, 0.3) is 0 Å². The Balaban J connectivity index is 0.00000312. The van der Waals surface area contributed by atoms with Crippen molar-refractivity contribution in [3.8, 4) is 0 Å². The Labute approximate surface area is 157 Å². The molecule has 2 rings (SSSR count). The largest absolute Gasteiger partial charge is 0.339 e. The Morgan fingerprint density at radius 3 is 2.24 bits per heavy atom. The minimum absolute atomic E-state index is 0. The monoisotopic (exact) mass is 367 g/mol. The SMILES string of the molecule is CCN(CC)C(=O)c1ccc(C(=O)N2CCC(C)CC2CN)cc1.Cl. The number of nitrogens with zero attached hydrogens (tertiary/aromatic N) is 2. The molecule has 0 aromatic heterocycles. The molecular formula is C19H30ClN3O2. The van der Waals surface area contributed by atoms with Gasteiger partial charge < -0.3 is 15.5 Å². The molecule has 2 amide bonds. The molecule has 0 saturated carbocycles. The summed E-state index contributed by atoms with van der Waals surface area (Å²) in [5.41, 5.74) is 7.10. The molecular weight excluding hydrogens is 338 g/mol. The van der Waals surface area contributed by atoms with Crippen LogP contribution in [0.4, 0.5) is 0 Å². The van der Waals surface area contributed by atoms with Crippen LogP contribution in [-0.2, 0) is 0 Å². The third-order valence-corrected chi connectivity index (χ3v) is 4.94. The highest BCUT2D eigenvalue weighted by molar-refractivity contribution is 5.98. The standard InChI is InChI=1S/C19H29N3O2.ClH/c1-4-21(5-2)18(23)15-6-8-16(9-7-15)19(24)22-11-10-14(3)12-17(22)13-20;/h6-9,14,17H,4-5,10-13,20H2,1-3H3;1H. The van der Waals surface area contributed by atoms with Gasteiger partial charge in [0.1, 0.15) is 0 Å². The van der Waals surface area contributed by atoms with Crippen molar-refractivity contribution in [3.63, 3.8) is 0 Å².